The van der Waals surface area contributed by atoms with Crippen LogP contribution in [-0.2, 0) is 0 Å². The molecule has 0 heteroatoms. The third kappa shape index (κ3) is 2.98. The van der Waals surface area contributed by atoms with Gasteiger partial charge in [-0.05, 0) is 30.6 Å². The molecule has 0 unspecified atom stereocenters. The molecule has 0 aliphatic heterocycles. The van der Waals surface area contributed by atoms with Gasteiger partial charge in [0, 0.05) is 0 Å². The quantitative estimate of drug-likeness (QED) is 0.568. The van der Waals surface area contributed by atoms with Gasteiger partial charge in [-0.25, -0.2) is 0 Å². The standard InChI is InChI=1S/C15H27/c1-3-13-6-10-15(11-7-13)14-8-4-12(2)5-9-14/h12-15H,2-11H2,1H3/q-1. The molecule has 0 radical (unpaired) electrons. The van der Waals surface area contributed by atoms with Crippen molar-refractivity contribution in [3.63, 3.8) is 0 Å². The summed E-state index contributed by atoms with van der Waals surface area (Å²) in [5.74, 6) is 3.99. The molecule has 0 heterocycles. The Morgan fingerprint density at radius 1 is 0.800 bits per heavy atom. The zero-order valence-electron chi connectivity index (χ0n) is 10.4. The topological polar surface area (TPSA) is 0 Å². The van der Waals surface area contributed by atoms with E-state index in [1.807, 2.05) is 0 Å². The third-order valence-electron chi connectivity index (χ3n) is 5.03. The molecule has 2 aliphatic carbocycles. The summed E-state index contributed by atoms with van der Waals surface area (Å²) in [7, 11) is 0. The molecule has 0 saturated heterocycles. The first-order valence-corrected chi connectivity index (χ1v) is 7.12. The summed E-state index contributed by atoms with van der Waals surface area (Å²) >= 11 is 0. The first kappa shape index (κ1) is 11.5. The van der Waals surface area contributed by atoms with E-state index in [2.05, 4.69) is 13.8 Å². The molecular formula is C15H27-. The molecule has 15 heavy (non-hydrogen) atoms. The second kappa shape index (κ2) is 5.37. The van der Waals surface area contributed by atoms with Crippen molar-refractivity contribution < 1.29 is 0 Å². The van der Waals surface area contributed by atoms with Crippen LogP contribution in [0.2, 0.25) is 0 Å². The van der Waals surface area contributed by atoms with Gasteiger partial charge in [0.05, 0.1) is 0 Å². The predicted molar refractivity (Wildman–Crippen MR) is 66.5 cm³/mol. The summed E-state index contributed by atoms with van der Waals surface area (Å²) in [4.78, 5) is 0. The van der Waals surface area contributed by atoms with Crippen molar-refractivity contribution in [3.05, 3.63) is 6.92 Å². The minimum Gasteiger partial charge on any atom is -0.340 e. The molecule has 2 aliphatic rings. The van der Waals surface area contributed by atoms with E-state index in [1.54, 1.807) is 0 Å². The minimum atomic E-state index is 0.772. The van der Waals surface area contributed by atoms with Gasteiger partial charge in [-0.15, -0.1) is 0 Å². The van der Waals surface area contributed by atoms with Crippen molar-refractivity contribution in [3.8, 4) is 0 Å². The van der Waals surface area contributed by atoms with Gasteiger partial charge in [0.25, 0.3) is 0 Å². The van der Waals surface area contributed by atoms with Crippen LogP contribution in [0.15, 0.2) is 0 Å². The number of hydrogen-bond donors (Lipinski definition) is 0. The lowest BCUT2D eigenvalue weighted by Crippen LogP contribution is -2.25. The minimum absolute atomic E-state index is 0.772. The van der Waals surface area contributed by atoms with Gasteiger partial charge in [0.1, 0.15) is 0 Å². The highest BCUT2D eigenvalue weighted by atomic mass is 14.3. The van der Waals surface area contributed by atoms with Crippen LogP contribution in [0.25, 0.3) is 0 Å². The van der Waals surface area contributed by atoms with Crippen molar-refractivity contribution in [1.29, 1.82) is 0 Å². The molecule has 2 saturated carbocycles. The average Bonchev–Trinajstić information content (AvgIpc) is 2.30. The van der Waals surface area contributed by atoms with Gasteiger partial charge in [-0.1, -0.05) is 51.9 Å². The predicted octanol–water partition coefficient (Wildman–Crippen LogP) is 4.84. The fourth-order valence-electron chi connectivity index (χ4n) is 3.73. The second-order valence-corrected chi connectivity index (χ2v) is 5.97. The summed E-state index contributed by atoms with van der Waals surface area (Å²) in [5, 5.41) is 0. The maximum Gasteiger partial charge on any atom is -0.0386 e. The van der Waals surface area contributed by atoms with Crippen molar-refractivity contribution in [2.45, 2.75) is 64.7 Å². The van der Waals surface area contributed by atoms with Crippen LogP contribution in [0.1, 0.15) is 64.7 Å². The summed E-state index contributed by atoms with van der Waals surface area (Å²) in [6.45, 7) is 6.56. The van der Waals surface area contributed by atoms with Crippen LogP contribution in [0.4, 0.5) is 0 Å². The van der Waals surface area contributed by atoms with Gasteiger partial charge in [0.2, 0.25) is 0 Å². The Bertz CT molecular complexity index is 168. The molecule has 0 aromatic rings. The van der Waals surface area contributed by atoms with Crippen LogP contribution in [0, 0.1) is 30.6 Å². The van der Waals surface area contributed by atoms with Crippen LogP contribution in [0.5, 0.6) is 0 Å². The Balaban J connectivity index is 1.75. The molecule has 0 spiro atoms. The number of rotatable bonds is 2. The van der Waals surface area contributed by atoms with E-state index in [1.165, 1.54) is 57.8 Å². The van der Waals surface area contributed by atoms with Crippen molar-refractivity contribution in [1.82, 2.24) is 0 Å². The third-order valence-corrected chi connectivity index (χ3v) is 5.03. The molecule has 0 atom stereocenters. The Labute approximate surface area is 95.8 Å². The van der Waals surface area contributed by atoms with Crippen LogP contribution in [0.3, 0.4) is 0 Å². The number of hydrogen-bond acceptors (Lipinski definition) is 0. The van der Waals surface area contributed by atoms with Crippen molar-refractivity contribution in [2.75, 3.05) is 0 Å². The molecule has 88 valence electrons. The average molecular weight is 207 g/mol. The fraction of sp³-hybridized carbons (Fsp3) is 0.933. The van der Waals surface area contributed by atoms with Gasteiger partial charge < -0.3 is 6.92 Å². The Morgan fingerprint density at radius 3 is 1.73 bits per heavy atom. The smallest absolute Gasteiger partial charge is 0.0386 e. The molecule has 0 aromatic heterocycles. The van der Waals surface area contributed by atoms with Crippen molar-refractivity contribution >= 4 is 0 Å². The molecule has 0 bridgehead atoms. The van der Waals surface area contributed by atoms with Crippen molar-refractivity contribution in [2.24, 2.45) is 23.7 Å². The van der Waals surface area contributed by atoms with Gasteiger partial charge in [0.15, 0.2) is 0 Å². The first-order chi connectivity index (χ1) is 7.29. The molecular weight excluding hydrogens is 180 g/mol. The van der Waals surface area contributed by atoms with E-state index in [0.717, 1.165) is 23.7 Å². The van der Waals surface area contributed by atoms with Gasteiger partial charge in [-0.2, -0.15) is 5.92 Å². The molecule has 2 rings (SSSR count). The van der Waals surface area contributed by atoms with E-state index in [9.17, 15) is 0 Å². The first-order valence-electron chi connectivity index (χ1n) is 7.12. The van der Waals surface area contributed by atoms with Gasteiger partial charge in [-0.3, -0.25) is 0 Å². The van der Waals surface area contributed by atoms with E-state index < -0.39 is 0 Å². The van der Waals surface area contributed by atoms with E-state index >= 15 is 0 Å². The Kier molecular flexibility index (Phi) is 4.11. The lowest BCUT2D eigenvalue weighted by Gasteiger charge is -2.38. The van der Waals surface area contributed by atoms with Crippen LogP contribution in [-0.4, -0.2) is 0 Å². The summed E-state index contributed by atoms with van der Waals surface area (Å²) < 4.78 is 0. The maximum atomic E-state index is 4.20. The normalized spacial score (nSPS) is 42.8. The van der Waals surface area contributed by atoms with E-state index in [0.29, 0.717) is 0 Å². The molecule has 0 aromatic carbocycles. The highest BCUT2D eigenvalue weighted by Gasteiger charge is 2.28. The van der Waals surface area contributed by atoms with Gasteiger partial charge >= 0.3 is 0 Å². The zero-order valence-corrected chi connectivity index (χ0v) is 10.4. The van der Waals surface area contributed by atoms with E-state index in [-0.39, 0.29) is 0 Å². The van der Waals surface area contributed by atoms with E-state index in [4.69, 9.17) is 0 Å². The summed E-state index contributed by atoms with van der Waals surface area (Å²) in [5.41, 5.74) is 0. The lowest BCUT2D eigenvalue weighted by atomic mass is 9.69. The lowest BCUT2D eigenvalue weighted by molar-refractivity contribution is 0.154. The molecule has 0 amide bonds. The summed E-state index contributed by atoms with van der Waals surface area (Å²) in [6, 6.07) is 0. The summed E-state index contributed by atoms with van der Waals surface area (Å²) in [6.07, 6.45) is 13.3. The largest absolute Gasteiger partial charge is 0.340 e. The molecule has 0 N–H and O–H groups in total. The monoisotopic (exact) mass is 207 g/mol. The SMILES string of the molecule is [CH2-]C1CCC(C2CCC(CC)CC2)CC1. The fourth-order valence-corrected chi connectivity index (χ4v) is 3.73. The van der Waals surface area contributed by atoms with Crippen LogP contribution >= 0.6 is 0 Å². The van der Waals surface area contributed by atoms with Crippen LogP contribution < -0.4 is 0 Å². The maximum absolute atomic E-state index is 4.20. The highest BCUT2D eigenvalue weighted by Crippen LogP contribution is 2.41. The highest BCUT2D eigenvalue weighted by molar-refractivity contribution is 4.82. The Morgan fingerprint density at radius 2 is 1.27 bits per heavy atom. The Hall–Kier alpha value is 0. The zero-order chi connectivity index (χ0) is 10.7. The molecule has 2 fully saturated rings. The second-order valence-electron chi connectivity index (χ2n) is 5.97. The molecule has 0 nitrogen and oxygen atoms in total.